The van der Waals surface area contributed by atoms with Crippen molar-refractivity contribution in [2.24, 2.45) is 5.73 Å². The quantitative estimate of drug-likeness (QED) is 0.884. The molecule has 3 nitrogen and oxygen atoms in total. The molecule has 3 N–H and O–H groups in total. The maximum Gasteiger partial charge on any atom is 0.146 e. The van der Waals surface area contributed by atoms with Gasteiger partial charge in [-0.15, -0.1) is 0 Å². The lowest BCUT2D eigenvalue weighted by atomic mass is 10.1. The minimum Gasteiger partial charge on any atom is -0.497 e. The van der Waals surface area contributed by atoms with Crippen LogP contribution in [0.5, 0.6) is 5.75 Å². The van der Waals surface area contributed by atoms with E-state index in [4.69, 9.17) is 22.1 Å². The SMILES string of the molecule is COc1ccc(F)c(NC(CN)c2ccc(Cl)c(F)c2)c1. The molecule has 1 atom stereocenters. The number of rotatable bonds is 5. The van der Waals surface area contributed by atoms with Crippen LogP contribution < -0.4 is 15.8 Å². The fraction of sp³-hybridized carbons (Fsp3) is 0.200. The molecular weight excluding hydrogens is 298 g/mol. The zero-order valence-corrected chi connectivity index (χ0v) is 12.1. The van der Waals surface area contributed by atoms with Crippen LogP contribution in [0.1, 0.15) is 11.6 Å². The lowest BCUT2D eigenvalue weighted by Gasteiger charge is -2.19. The van der Waals surface area contributed by atoms with Crippen LogP contribution in [0.15, 0.2) is 36.4 Å². The molecule has 0 saturated heterocycles. The lowest BCUT2D eigenvalue weighted by molar-refractivity contribution is 0.414. The summed E-state index contributed by atoms with van der Waals surface area (Å²) in [6.45, 7) is 0.164. The Morgan fingerprint density at radius 2 is 1.95 bits per heavy atom. The molecule has 2 rings (SSSR count). The Hall–Kier alpha value is -1.85. The molecule has 0 bridgehead atoms. The highest BCUT2D eigenvalue weighted by Gasteiger charge is 2.14. The monoisotopic (exact) mass is 312 g/mol. The van der Waals surface area contributed by atoms with Crippen LogP contribution in [-0.4, -0.2) is 13.7 Å². The molecule has 0 aliphatic rings. The topological polar surface area (TPSA) is 47.3 Å². The number of ether oxygens (including phenoxy) is 1. The number of hydrogen-bond acceptors (Lipinski definition) is 3. The van der Waals surface area contributed by atoms with Gasteiger partial charge in [-0.2, -0.15) is 0 Å². The maximum atomic E-state index is 13.8. The largest absolute Gasteiger partial charge is 0.497 e. The Bertz CT molecular complexity index is 637. The summed E-state index contributed by atoms with van der Waals surface area (Å²) in [7, 11) is 1.49. The van der Waals surface area contributed by atoms with Crippen molar-refractivity contribution >= 4 is 17.3 Å². The first-order chi connectivity index (χ1) is 10.0. The molecule has 0 heterocycles. The molecule has 2 aromatic rings. The molecule has 0 fully saturated rings. The molecule has 1 unspecified atom stereocenters. The van der Waals surface area contributed by atoms with E-state index < -0.39 is 17.7 Å². The minimum absolute atomic E-state index is 0.0297. The minimum atomic E-state index is -0.541. The fourth-order valence-electron chi connectivity index (χ4n) is 1.94. The molecule has 0 spiro atoms. The molecule has 2 aromatic carbocycles. The average molecular weight is 313 g/mol. The van der Waals surface area contributed by atoms with Crippen LogP contribution in [0.4, 0.5) is 14.5 Å². The summed E-state index contributed by atoms with van der Waals surface area (Å²) in [5.41, 5.74) is 6.51. The summed E-state index contributed by atoms with van der Waals surface area (Å²) < 4.78 is 32.4. The zero-order valence-electron chi connectivity index (χ0n) is 11.4. The van der Waals surface area contributed by atoms with E-state index in [1.807, 2.05) is 0 Å². The van der Waals surface area contributed by atoms with E-state index in [0.717, 1.165) is 0 Å². The summed E-state index contributed by atoms with van der Waals surface area (Å²) in [5.74, 6) is -0.471. The Morgan fingerprint density at radius 3 is 2.57 bits per heavy atom. The van der Waals surface area contributed by atoms with Crippen molar-refractivity contribution in [1.82, 2.24) is 0 Å². The van der Waals surface area contributed by atoms with Crippen molar-refractivity contribution in [3.05, 3.63) is 58.6 Å². The van der Waals surface area contributed by atoms with Gasteiger partial charge in [-0.1, -0.05) is 17.7 Å². The van der Waals surface area contributed by atoms with E-state index in [2.05, 4.69) is 5.32 Å². The molecule has 0 saturated carbocycles. The second-order valence-electron chi connectivity index (χ2n) is 4.45. The molecule has 0 aromatic heterocycles. The van der Waals surface area contributed by atoms with Gasteiger partial charge >= 0.3 is 0 Å². The number of methoxy groups -OCH3 is 1. The first kappa shape index (κ1) is 15.5. The first-order valence-corrected chi connectivity index (χ1v) is 6.68. The second-order valence-corrected chi connectivity index (χ2v) is 4.86. The number of anilines is 1. The lowest BCUT2D eigenvalue weighted by Crippen LogP contribution is -2.21. The van der Waals surface area contributed by atoms with Gasteiger partial charge in [0.25, 0.3) is 0 Å². The van der Waals surface area contributed by atoms with Crippen LogP contribution >= 0.6 is 11.6 Å². The molecule has 0 aliphatic heterocycles. The molecular formula is C15H15ClF2N2O. The normalized spacial score (nSPS) is 12.0. The average Bonchev–Trinajstić information content (AvgIpc) is 2.49. The summed E-state index contributed by atoms with van der Waals surface area (Å²) in [6, 6.07) is 8.25. The molecule has 21 heavy (non-hydrogen) atoms. The third kappa shape index (κ3) is 3.62. The third-order valence-corrected chi connectivity index (χ3v) is 3.39. The Morgan fingerprint density at radius 1 is 1.19 bits per heavy atom. The van der Waals surface area contributed by atoms with Crippen molar-refractivity contribution in [1.29, 1.82) is 0 Å². The number of nitrogens with one attached hydrogen (secondary N) is 1. The van der Waals surface area contributed by atoms with E-state index in [1.165, 1.54) is 37.4 Å². The van der Waals surface area contributed by atoms with E-state index in [9.17, 15) is 8.78 Å². The smallest absolute Gasteiger partial charge is 0.146 e. The Kier molecular flexibility index (Phi) is 4.98. The van der Waals surface area contributed by atoms with Crippen molar-refractivity contribution in [3.8, 4) is 5.75 Å². The highest BCUT2D eigenvalue weighted by molar-refractivity contribution is 6.30. The number of halogens is 3. The van der Waals surface area contributed by atoms with Crippen molar-refractivity contribution in [2.75, 3.05) is 19.0 Å². The second kappa shape index (κ2) is 6.74. The van der Waals surface area contributed by atoms with Crippen LogP contribution in [0.25, 0.3) is 0 Å². The molecule has 112 valence electrons. The van der Waals surface area contributed by atoms with E-state index >= 15 is 0 Å². The van der Waals surface area contributed by atoms with Crippen LogP contribution in [0, 0.1) is 11.6 Å². The number of hydrogen-bond donors (Lipinski definition) is 2. The molecule has 0 aliphatic carbocycles. The molecule has 6 heteroatoms. The first-order valence-electron chi connectivity index (χ1n) is 6.30. The van der Waals surface area contributed by atoms with Gasteiger partial charge in [0.05, 0.1) is 23.9 Å². The Balaban J connectivity index is 2.28. The van der Waals surface area contributed by atoms with Crippen LogP contribution in [0.3, 0.4) is 0 Å². The van der Waals surface area contributed by atoms with Gasteiger partial charge < -0.3 is 15.8 Å². The molecule has 0 amide bonds. The van der Waals surface area contributed by atoms with E-state index in [1.54, 1.807) is 6.07 Å². The zero-order chi connectivity index (χ0) is 15.4. The van der Waals surface area contributed by atoms with Crippen molar-refractivity contribution in [3.63, 3.8) is 0 Å². The molecule has 0 radical (unpaired) electrons. The van der Waals surface area contributed by atoms with Crippen molar-refractivity contribution < 1.29 is 13.5 Å². The Labute approximate surface area is 126 Å². The van der Waals surface area contributed by atoms with E-state index in [0.29, 0.717) is 11.3 Å². The summed E-state index contributed by atoms with van der Waals surface area (Å²) in [5, 5.41) is 2.97. The van der Waals surface area contributed by atoms with Gasteiger partial charge in [0.15, 0.2) is 0 Å². The van der Waals surface area contributed by atoms with Gasteiger partial charge in [0.1, 0.15) is 17.4 Å². The number of benzene rings is 2. The van der Waals surface area contributed by atoms with E-state index in [-0.39, 0.29) is 17.3 Å². The summed E-state index contributed by atoms with van der Waals surface area (Å²) >= 11 is 5.65. The predicted octanol–water partition coefficient (Wildman–Crippen LogP) is 3.74. The predicted molar refractivity (Wildman–Crippen MR) is 79.8 cm³/mol. The third-order valence-electron chi connectivity index (χ3n) is 3.08. The van der Waals surface area contributed by atoms with Gasteiger partial charge in [0, 0.05) is 12.6 Å². The standard InChI is InChI=1S/C15H15ClF2N2O/c1-21-10-3-5-12(17)14(7-10)20-15(8-19)9-2-4-11(16)13(18)6-9/h2-7,15,20H,8,19H2,1H3. The number of nitrogens with two attached hydrogens (primary N) is 1. The fourth-order valence-corrected chi connectivity index (χ4v) is 2.05. The summed E-state index contributed by atoms with van der Waals surface area (Å²) in [6.07, 6.45) is 0. The van der Waals surface area contributed by atoms with Crippen LogP contribution in [-0.2, 0) is 0 Å². The van der Waals surface area contributed by atoms with Gasteiger partial charge in [-0.25, -0.2) is 8.78 Å². The summed E-state index contributed by atoms with van der Waals surface area (Å²) in [4.78, 5) is 0. The highest BCUT2D eigenvalue weighted by Crippen LogP contribution is 2.27. The van der Waals surface area contributed by atoms with Crippen LogP contribution in [0.2, 0.25) is 5.02 Å². The van der Waals surface area contributed by atoms with Gasteiger partial charge in [-0.05, 0) is 29.8 Å². The van der Waals surface area contributed by atoms with Gasteiger partial charge in [-0.3, -0.25) is 0 Å². The maximum absolute atomic E-state index is 13.8. The van der Waals surface area contributed by atoms with Crippen molar-refractivity contribution in [2.45, 2.75) is 6.04 Å². The highest BCUT2D eigenvalue weighted by atomic mass is 35.5. The van der Waals surface area contributed by atoms with Gasteiger partial charge in [0.2, 0.25) is 0 Å².